The highest BCUT2D eigenvalue weighted by Gasteiger charge is 2.40. The summed E-state index contributed by atoms with van der Waals surface area (Å²) >= 11 is 4.43. The molecule has 3 nitrogen and oxygen atoms in total. The van der Waals surface area contributed by atoms with Crippen molar-refractivity contribution in [1.82, 2.24) is 0 Å². The zero-order valence-corrected chi connectivity index (χ0v) is 8.47. The minimum Gasteiger partial charge on any atom is -0.379 e. The fourth-order valence-electron chi connectivity index (χ4n) is 1.43. The Bertz CT molecular complexity index is 138. The number of thiol groups is 1. The Morgan fingerprint density at radius 2 is 2.33 bits per heavy atom. The molecule has 0 aromatic heterocycles. The van der Waals surface area contributed by atoms with E-state index >= 15 is 0 Å². The second-order valence-corrected chi connectivity index (χ2v) is 3.58. The summed E-state index contributed by atoms with van der Waals surface area (Å²) < 4.78 is 15.9. The predicted octanol–water partition coefficient (Wildman–Crippen LogP) is 1.08. The van der Waals surface area contributed by atoms with E-state index in [-0.39, 0.29) is 5.25 Å². The highest BCUT2D eigenvalue weighted by molar-refractivity contribution is 7.81. The van der Waals surface area contributed by atoms with Crippen LogP contribution in [-0.2, 0) is 14.2 Å². The van der Waals surface area contributed by atoms with Crippen LogP contribution in [0.4, 0.5) is 0 Å². The first-order valence-corrected chi connectivity index (χ1v) is 4.63. The van der Waals surface area contributed by atoms with Gasteiger partial charge in [0.2, 0.25) is 5.79 Å². The molecule has 1 heterocycles. The molecule has 2 atom stereocenters. The third kappa shape index (κ3) is 1.93. The van der Waals surface area contributed by atoms with Crippen molar-refractivity contribution in [3.05, 3.63) is 0 Å². The topological polar surface area (TPSA) is 27.7 Å². The maximum atomic E-state index is 5.54. The Morgan fingerprint density at radius 3 is 2.83 bits per heavy atom. The molecule has 0 spiro atoms. The average molecular weight is 192 g/mol. The number of methoxy groups -OCH3 is 2. The van der Waals surface area contributed by atoms with E-state index in [0.29, 0.717) is 6.61 Å². The predicted molar refractivity (Wildman–Crippen MR) is 49.6 cm³/mol. The quantitative estimate of drug-likeness (QED) is 0.678. The third-order valence-electron chi connectivity index (χ3n) is 2.17. The largest absolute Gasteiger partial charge is 0.379 e. The van der Waals surface area contributed by atoms with Gasteiger partial charge in [0, 0.05) is 14.2 Å². The van der Waals surface area contributed by atoms with Gasteiger partial charge in [-0.1, -0.05) is 0 Å². The molecule has 0 aliphatic carbocycles. The number of hydrogen-bond acceptors (Lipinski definition) is 4. The minimum absolute atomic E-state index is 0.108. The van der Waals surface area contributed by atoms with Gasteiger partial charge < -0.3 is 14.2 Å². The first-order valence-electron chi connectivity index (χ1n) is 4.11. The summed E-state index contributed by atoms with van der Waals surface area (Å²) in [5.41, 5.74) is 0. The standard InChI is InChI=1S/C8H16O3S/c1-9-6-8(10-2)7(12)4-3-5-11-8/h7,12H,3-6H2,1-2H3/t7-,8-/m1/s1. The Morgan fingerprint density at radius 1 is 1.58 bits per heavy atom. The SMILES string of the molecule is COC[C@@]1(OC)OCCC[C@H]1S. The maximum absolute atomic E-state index is 5.54. The Balaban J connectivity index is 2.60. The molecule has 0 radical (unpaired) electrons. The molecule has 4 heteroatoms. The van der Waals surface area contributed by atoms with Gasteiger partial charge >= 0.3 is 0 Å². The fraction of sp³-hybridized carbons (Fsp3) is 1.00. The van der Waals surface area contributed by atoms with E-state index < -0.39 is 5.79 Å². The molecular formula is C8H16O3S. The van der Waals surface area contributed by atoms with Crippen LogP contribution in [0.3, 0.4) is 0 Å². The van der Waals surface area contributed by atoms with Crippen LogP contribution < -0.4 is 0 Å². The summed E-state index contributed by atoms with van der Waals surface area (Å²) in [4.78, 5) is 0. The van der Waals surface area contributed by atoms with E-state index in [2.05, 4.69) is 12.6 Å². The number of hydrogen-bond donors (Lipinski definition) is 1. The van der Waals surface area contributed by atoms with Crippen molar-refractivity contribution in [3.63, 3.8) is 0 Å². The van der Waals surface area contributed by atoms with Gasteiger partial charge in [-0.05, 0) is 12.8 Å². The van der Waals surface area contributed by atoms with Crippen LogP contribution in [0.1, 0.15) is 12.8 Å². The van der Waals surface area contributed by atoms with E-state index in [9.17, 15) is 0 Å². The van der Waals surface area contributed by atoms with Gasteiger partial charge in [-0.15, -0.1) is 0 Å². The summed E-state index contributed by atoms with van der Waals surface area (Å²) in [6, 6.07) is 0. The van der Waals surface area contributed by atoms with Gasteiger partial charge in [0.1, 0.15) is 6.61 Å². The lowest BCUT2D eigenvalue weighted by molar-refractivity contribution is -0.257. The molecular weight excluding hydrogens is 176 g/mol. The van der Waals surface area contributed by atoms with Crippen LogP contribution in [0.25, 0.3) is 0 Å². The smallest absolute Gasteiger partial charge is 0.203 e. The monoisotopic (exact) mass is 192 g/mol. The normalized spacial score (nSPS) is 36.8. The summed E-state index contributed by atoms with van der Waals surface area (Å²) in [5, 5.41) is 0.108. The number of ether oxygens (including phenoxy) is 3. The molecule has 1 rings (SSSR count). The van der Waals surface area contributed by atoms with Crippen molar-refractivity contribution in [2.24, 2.45) is 0 Å². The number of rotatable bonds is 3. The molecule has 0 N–H and O–H groups in total. The second-order valence-electron chi connectivity index (χ2n) is 2.96. The van der Waals surface area contributed by atoms with E-state index in [0.717, 1.165) is 19.4 Å². The molecule has 72 valence electrons. The molecule has 0 bridgehead atoms. The van der Waals surface area contributed by atoms with Gasteiger partial charge in [0.25, 0.3) is 0 Å². The molecule has 1 fully saturated rings. The average Bonchev–Trinajstić information content (AvgIpc) is 2.10. The van der Waals surface area contributed by atoms with Gasteiger partial charge in [-0.25, -0.2) is 0 Å². The third-order valence-corrected chi connectivity index (χ3v) is 2.82. The van der Waals surface area contributed by atoms with E-state index in [1.165, 1.54) is 0 Å². The second kappa shape index (κ2) is 4.46. The Labute approximate surface area is 78.8 Å². The molecule has 0 saturated carbocycles. The highest BCUT2D eigenvalue weighted by Crippen LogP contribution is 2.30. The van der Waals surface area contributed by atoms with Gasteiger partial charge in [0.15, 0.2) is 0 Å². The molecule has 1 aliphatic heterocycles. The fourth-order valence-corrected chi connectivity index (χ4v) is 1.87. The molecule has 12 heavy (non-hydrogen) atoms. The van der Waals surface area contributed by atoms with Crippen molar-refractivity contribution in [2.45, 2.75) is 23.9 Å². The Hall–Kier alpha value is 0.230. The van der Waals surface area contributed by atoms with Crippen LogP contribution in [0.5, 0.6) is 0 Å². The lowest BCUT2D eigenvalue weighted by atomic mass is 10.1. The van der Waals surface area contributed by atoms with E-state index in [4.69, 9.17) is 14.2 Å². The molecule has 0 amide bonds. The summed E-state index contributed by atoms with van der Waals surface area (Å²) in [7, 11) is 3.27. The van der Waals surface area contributed by atoms with Crippen LogP contribution in [0, 0.1) is 0 Å². The molecule has 1 saturated heterocycles. The molecule has 1 aliphatic rings. The Kier molecular flexibility index (Phi) is 3.83. The molecule has 0 aromatic carbocycles. The summed E-state index contributed by atoms with van der Waals surface area (Å²) in [5.74, 6) is -0.629. The molecule has 0 aromatic rings. The van der Waals surface area contributed by atoms with Crippen molar-refractivity contribution in [3.8, 4) is 0 Å². The maximum Gasteiger partial charge on any atom is 0.203 e. The highest BCUT2D eigenvalue weighted by atomic mass is 32.1. The van der Waals surface area contributed by atoms with Gasteiger partial charge in [-0.3, -0.25) is 0 Å². The van der Waals surface area contributed by atoms with Gasteiger partial charge in [-0.2, -0.15) is 12.6 Å². The van der Waals surface area contributed by atoms with Crippen molar-refractivity contribution in [2.75, 3.05) is 27.4 Å². The zero-order chi connectivity index (χ0) is 9.03. The van der Waals surface area contributed by atoms with Crippen molar-refractivity contribution >= 4 is 12.6 Å². The molecule has 0 unspecified atom stereocenters. The van der Waals surface area contributed by atoms with Crippen LogP contribution >= 0.6 is 12.6 Å². The van der Waals surface area contributed by atoms with E-state index in [1.807, 2.05) is 0 Å². The summed E-state index contributed by atoms with van der Waals surface area (Å²) in [6.45, 7) is 1.17. The van der Waals surface area contributed by atoms with E-state index in [1.54, 1.807) is 14.2 Å². The first kappa shape index (κ1) is 10.3. The summed E-state index contributed by atoms with van der Waals surface area (Å²) in [6.07, 6.45) is 2.06. The lowest BCUT2D eigenvalue weighted by Gasteiger charge is -2.39. The first-order chi connectivity index (χ1) is 5.75. The van der Waals surface area contributed by atoms with Crippen LogP contribution in [-0.4, -0.2) is 38.5 Å². The minimum atomic E-state index is -0.629. The van der Waals surface area contributed by atoms with Crippen molar-refractivity contribution in [1.29, 1.82) is 0 Å². The lowest BCUT2D eigenvalue weighted by Crippen LogP contribution is -2.50. The van der Waals surface area contributed by atoms with Crippen LogP contribution in [0.2, 0.25) is 0 Å². The van der Waals surface area contributed by atoms with Crippen LogP contribution in [0.15, 0.2) is 0 Å². The zero-order valence-electron chi connectivity index (χ0n) is 7.58. The van der Waals surface area contributed by atoms with Crippen molar-refractivity contribution < 1.29 is 14.2 Å². The van der Waals surface area contributed by atoms with Gasteiger partial charge in [0.05, 0.1) is 11.9 Å².